The lowest BCUT2D eigenvalue weighted by Crippen LogP contribution is -2.33. The van der Waals surface area contributed by atoms with Gasteiger partial charge in [0.25, 0.3) is 0 Å². The Kier molecular flexibility index (Phi) is 6.96. The van der Waals surface area contributed by atoms with Gasteiger partial charge in [-0.25, -0.2) is 9.97 Å². The normalized spacial score (nSPS) is 15.4. The molecule has 1 aliphatic rings. The number of benzene rings is 1. The predicted molar refractivity (Wildman–Crippen MR) is 133 cm³/mol. The zero-order valence-electron chi connectivity index (χ0n) is 20.0. The smallest absolute Gasteiger partial charge is 0.222 e. The highest BCUT2D eigenvalue weighted by Gasteiger charge is 2.23. The van der Waals surface area contributed by atoms with Gasteiger partial charge < -0.3 is 4.74 Å². The molecule has 1 aliphatic heterocycles. The van der Waals surface area contributed by atoms with Crippen LogP contribution in [0.2, 0.25) is 0 Å². The minimum Gasteiger partial charge on any atom is -0.438 e. The molecule has 1 atom stereocenters. The molecule has 170 valence electrons. The van der Waals surface area contributed by atoms with E-state index in [2.05, 4.69) is 62.7 Å². The van der Waals surface area contributed by atoms with Crippen LogP contribution < -0.4 is 4.74 Å². The maximum absolute atomic E-state index is 6.37. The number of fused-ring (bicyclic) bond motifs is 1. The first-order valence-corrected chi connectivity index (χ1v) is 12.6. The van der Waals surface area contributed by atoms with Crippen molar-refractivity contribution in [2.45, 2.75) is 65.8 Å². The number of hydrogen-bond donors (Lipinski definition) is 0. The van der Waals surface area contributed by atoms with E-state index in [4.69, 9.17) is 9.72 Å². The fraction of sp³-hybridized carbons (Fsp3) is 0.481. The zero-order valence-corrected chi connectivity index (χ0v) is 20.8. The average Bonchev–Trinajstić information content (AvgIpc) is 3.16. The molecular formula is C27H35N3OS. The van der Waals surface area contributed by atoms with Gasteiger partial charge in [0, 0.05) is 54.7 Å². The van der Waals surface area contributed by atoms with Crippen molar-refractivity contribution in [1.29, 1.82) is 0 Å². The van der Waals surface area contributed by atoms with E-state index in [1.807, 2.05) is 29.5 Å². The van der Waals surface area contributed by atoms with Crippen LogP contribution in [-0.2, 0) is 24.8 Å². The van der Waals surface area contributed by atoms with Crippen molar-refractivity contribution in [3.8, 4) is 11.6 Å². The fourth-order valence-corrected chi connectivity index (χ4v) is 5.38. The molecule has 0 fully saturated rings. The molecule has 0 saturated carbocycles. The van der Waals surface area contributed by atoms with Crippen molar-refractivity contribution in [1.82, 2.24) is 14.9 Å². The van der Waals surface area contributed by atoms with Crippen molar-refractivity contribution in [3.63, 3.8) is 0 Å². The van der Waals surface area contributed by atoms with Gasteiger partial charge in [-0.05, 0) is 23.5 Å². The number of nitrogens with zero attached hydrogens (tertiary/aromatic N) is 3. The van der Waals surface area contributed by atoms with Crippen molar-refractivity contribution in [2.75, 3.05) is 13.1 Å². The largest absolute Gasteiger partial charge is 0.438 e. The molecule has 1 unspecified atom stereocenters. The molecule has 0 radical (unpaired) electrons. The third kappa shape index (κ3) is 5.38. The molecule has 1 aromatic carbocycles. The Hall–Kier alpha value is -2.24. The van der Waals surface area contributed by atoms with Gasteiger partial charge in [-0.3, -0.25) is 4.90 Å². The molecule has 0 saturated heterocycles. The molecule has 2 aromatic heterocycles. The summed E-state index contributed by atoms with van der Waals surface area (Å²) in [4.78, 5) is 13.6. The molecular weight excluding hydrogens is 414 g/mol. The number of para-hydroxylation sites is 1. The zero-order chi connectivity index (χ0) is 22.7. The first kappa shape index (κ1) is 22.9. The predicted octanol–water partition coefficient (Wildman–Crippen LogP) is 6.62. The van der Waals surface area contributed by atoms with Gasteiger partial charge in [0.05, 0.1) is 10.7 Å². The van der Waals surface area contributed by atoms with E-state index in [0.29, 0.717) is 5.88 Å². The van der Waals surface area contributed by atoms with Crippen molar-refractivity contribution in [2.24, 2.45) is 5.92 Å². The maximum Gasteiger partial charge on any atom is 0.222 e. The van der Waals surface area contributed by atoms with Gasteiger partial charge in [0.15, 0.2) is 0 Å². The molecule has 0 aliphatic carbocycles. The van der Waals surface area contributed by atoms with Crippen LogP contribution in [0.15, 0.2) is 42.6 Å². The lowest BCUT2D eigenvalue weighted by Gasteiger charge is -2.28. The van der Waals surface area contributed by atoms with E-state index in [-0.39, 0.29) is 5.41 Å². The standard InChI is InChI=1S/C27H35N3OS/c1-6-19(2)17-30-15-13-22-24(18-30)32-25(29-22)16-20-10-9-14-28-26(20)31-23-12-8-7-11-21(23)27(3,4)5/h7-12,14,19H,6,13,15-18H2,1-5H3. The van der Waals surface area contributed by atoms with Gasteiger partial charge in [-0.1, -0.05) is 65.3 Å². The van der Waals surface area contributed by atoms with Crippen LogP contribution in [0.25, 0.3) is 0 Å². The molecule has 3 aromatic rings. The highest BCUT2D eigenvalue weighted by atomic mass is 32.1. The quantitative estimate of drug-likeness (QED) is 0.406. The van der Waals surface area contributed by atoms with E-state index in [1.54, 1.807) is 6.20 Å². The second-order valence-corrected chi connectivity index (χ2v) is 11.1. The van der Waals surface area contributed by atoms with Crippen LogP contribution in [-0.4, -0.2) is 28.0 Å². The topological polar surface area (TPSA) is 38.2 Å². The van der Waals surface area contributed by atoms with E-state index >= 15 is 0 Å². The van der Waals surface area contributed by atoms with Crippen LogP contribution in [0.4, 0.5) is 0 Å². The van der Waals surface area contributed by atoms with Crippen LogP contribution in [0.1, 0.15) is 67.7 Å². The summed E-state index contributed by atoms with van der Waals surface area (Å²) in [6.07, 6.45) is 4.85. The van der Waals surface area contributed by atoms with Crippen LogP contribution >= 0.6 is 11.3 Å². The average molecular weight is 450 g/mol. The summed E-state index contributed by atoms with van der Waals surface area (Å²) < 4.78 is 6.37. The summed E-state index contributed by atoms with van der Waals surface area (Å²) in [6, 6.07) is 12.4. The summed E-state index contributed by atoms with van der Waals surface area (Å²) >= 11 is 1.85. The highest BCUT2D eigenvalue weighted by Crippen LogP contribution is 2.35. The van der Waals surface area contributed by atoms with Crippen LogP contribution in [0, 0.1) is 5.92 Å². The first-order valence-electron chi connectivity index (χ1n) is 11.7. The molecule has 0 N–H and O–H groups in total. The minimum atomic E-state index is 0.00104. The van der Waals surface area contributed by atoms with E-state index in [1.165, 1.54) is 29.1 Å². The molecule has 4 nitrogen and oxygen atoms in total. The summed E-state index contributed by atoms with van der Waals surface area (Å²) in [5.41, 5.74) is 3.55. The van der Waals surface area contributed by atoms with Crippen molar-refractivity contribution >= 4 is 11.3 Å². The number of hydrogen-bond acceptors (Lipinski definition) is 5. The van der Waals surface area contributed by atoms with Crippen LogP contribution in [0.5, 0.6) is 11.6 Å². The maximum atomic E-state index is 6.37. The molecule has 3 heterocycles. The summed E-state index contributed by atoms with van der Waals surface area (Å²) in [5.74, 6) is 2.30. The molecule has 0 amide bonds. The first-order chi connectivity index (χ1) is 15.3. The van der Waals surface area contributed by atoms with Gasteiger partial charge in [-0.2, -0.15) is 0 Å². The lowest BCUT2D eigenvalue weighted by molar-refractivity contribution is 0.219. The second kappa shape index (κ2) is 9.72. The highest BCUT2D eigenvalue weighted by molar-refractivity contribution is 7.11. The number of aromatic nitrogens is 2. The SMILES string of the molecule is CCC(C)CN1CCc2nc(Cc3cccnc3Oc3ccccc3C(C)(C)C)sc2C1. The van der Waals surface area contributed by atoms with E-state index in [0.717, 1.165) is 48.2 Å². The van der Waals surface area contributed by atoms with E-state index < -0.39 is 0 Å². The Morgan fingerprint density at radius 3 is 2.75 bits per heavy atom. The molecule has 32 heavy (non-hydrogen) atoms. The Bertz CT molecular complexity index is 1050. The van der Waals surface area contributed by atoms with E-state index in [9.17, 15) is 0 Å². The van der Waals surface area contributed by atoms with Crippen LogP contribution in [0.3, 0.4) is 0 Å². The molecule has 0 spiro atoms. The second-order valence-electron chi connectivity index (χ2n) is 9.97. The number of rotatable bonds is 7. The monoisotopic (exact) mass is 449 g/mol. The summed E-state index contributed by atoms with van der Waals surface area (Å²) in [5, 5.41) is 1.15. The number of thiazole rings is 1. The Labute approximate surface area is 196 Å². The van der Waals surface area contributed by atoms with Crippen molar-refractivity contribution < 1.29 is 4.74 Å². The molecule has 5 heteroatoms. The third-order valence-corrected chi connectivity index (χ3v) is 7.30. The number of ether oxygens (including phenoxy) is 1. The lowest BCUT2D eigenvalue weighted by atomic mass is 9.86. The molecule has 4 rings (SSSR count). The summed E-state index contributed by atoms with van der Waals surface area (Å²) in [6.45, 7) is 14.6. The molecule has 0 bridgehead atoms. The van der Waals surface area contributed by atoms with Gasteiger partial charge in [0.1, 0.15) is 5.75 Å². The minimum absolute atomic E-state index is 0.00104. The Morgan fingerprint density at radius 2 is 1.97 bits per heavy atom. The van der Waals surface area contributed by atoms with Gasteiger partial charge >= 0.3 is 0 Å². The fourth-order valence-electron chi connectivity index (χ4n) is 4.20. The summed E-state index contributed by atoms with van der Waals surface area (Å²) in [7, 11) is 0. The Balaban J connectivity index is 1.52. The Morgan fingerprint density at radius 1 is 1.16 bits per heavy atom. The third-order valence-electron chi connectivity index (χ3n) is 6.21. The van der Waals surface area contributed by atoms with Crippen molar-refractivity contribution in [3.05, 3.63) is 69.3 Å². The van der Waals surface area contributed by atoms with Gasteiger partial charge in [-0.15, -0.1) is 11.3 Å². The van der Waals surface area contributed by atoms with Gasteiger partial charge in [0.2, 0.25) is 5.88 Å². The number of pyridine rings is 1.